The van der Waals surface area contributed by atoms with Gasteiger partial charge in [-0.25, -0.2) is 4.98 Å². The lowest BCUT2D eigenvalue weighted by atomic mass is 10.1. The predicted octanol–water partition coefficient (Wildman–Crippen LogP) is 3.72. The summed E-state index contributed by atoms with van der Waals surface area (Å²) in [6.45, 7) is 8.57. The molecule has 0 unspecified atom stereocenters. The van der Waals surface area contributed by atoms with Gasteiger partial charge in [-0.1, -0.05) is 30.3 Å². The van der Waals surface area contributed by atoms with Gasteiger partial charge in [-0.3, -0.25) is 14.5 Å². The molecule has 4 rings (SSSR count). The normalized spacial score (nSPS) is 14.4. The molecule has 2 aromatic carbocycles. The number of aryl methyl sites for hydroxylation is 2. The SMILES string of the molecule is Cc1nc(NC(=O)CN(CCCN2CCOCC2)C(=O)c2ccc3ccccc3c2)sc1C. The van der Waals surface area contributed by atoms with Gasteiger partial charge in [0.1, 0.15) is 6.54 Å². The minimum absolute atomic E-state index is 0.00749. The Hall–Kier alpha value is -2.81. The number of ether oxygens (including phenoxy) is 1. The van der Waals surface area contributed by atoms with Gasteiger partial charge in [0.2, 0.25) is 5.91 Å². The lowest BCUT2D eigenvalue weighted by Crippen LogP contribution is -2.41. The van der Waals surface area contributed by atoms with Crippen LogP contribution in [0.25, 0.3) is 10.8 Å². The van der Waals surface area contributed by atoms with Crippen LogP contribution < -0.4 is 5.32 Å². The summed E-state index contributed by atoms with van der Waals surface area (Å²) >= 11 is 1.45. The Labute approximate surface area is 198 Å². The number of nitrogens with one attached hydrogen (secondary N) is 1. The van der Waals surface area contributed by atoms with Crippen LogP contribution in [0, 0.1) is 13.8 Å². The Bertz CT molecular complexity index is 1100. The molecule has 1 fully saturated rings. The van der Waals surface area contributed by atoms with E-state index in [1.165, 1.54) is 11.3 Å². The van der Waals surface area contributed by atoms with Crippen molar-refractivity contribution in [2.24, 2.45) is 0 Å². The highest BCUT2D eigenvalue weighted by atomic mass is 32.1. The van der Waals surface area contributed by atoms with E-state index in [0.29, 0.717) is 17.2 Å². The first kappa shape index (κ1) is 23.4. The molecule has 7 nitrogen and oxygen atoms in total. The second-order valence-corrected chi connectivity index (χ2v) is 9.51. The zero-order valence-corrected chi connectivity index (χ0v) is 20.0. The highest BCUT2D eigenvalue weighted by molar-refractivity contribution is 7.15. The smallest absolute Gasteiger partial charge is 0.254 e. The maximum Gasteiger partial charge on any atom is 0.254 e. The largest absolute Gasteiger partial charge is 0.379 e. The molecule has 1 aliphatic rings. The fourth-order valence-electron chi connectivity index (χ4n) is 3.93. The third kappa shape index (κ3) is 6.16. The zero-order chi connectivity index (χ0) is 23.2. The molecule has 1 N–H and O–H groups in total. The molecule has 8 heteroatoms. The Morgan fingerprint density at radius 2 is 1.88 bits per heavy atom. The van der Waals surface area contributed by atoms with Gasteiger partial charge in [-0.2, -0.15) is 0 Å². The number of aromatic nitrogens is 1. The summed E-state index contributed by atoms with van der Waals surface area (Å²) in [4.78, 5) is 35.6. The van der Waals surface area contributed by atoms with Gasteiger partial charge >= 0.3 is 0 Å². The van der Waals surface area contributed by atoms with Crippen LogP contribution in [-0.2, 0) is 9.53 Å². The van der Waals surface area contributed by atoms with Gasteiger partial charge in [0.05, 0.1) is 18.9 Å². The maximum absolute atomic E-state index is 13.4. The van der Waals surface area contributed by atoms with Crippen LogP contribution in [0.2, 0.25) is 0 Å². The molecule has 1 saturated heterocycles. The van der Waals surface area contributed by atoms with Crippen LogP contribution in [0.3, 0.4) is 0 Å². The number of benzene rings is 2. The first-order valence-corrected chi connectivity index (χ1v) is 12.1. The lowest BCUT2D eigenvalue weighted by Gasteiger charge is -2.28. The lowest BCUT2D eigenvalue weighted by molar-refractivity contribution is -0.116. The minimum Gasteiger partial charge on any atom is -0.379 e. The second kappa shape index (κ2) is 10.9. The number of rotatable bonds is 8. The number of fused-ring (bicyclic) bond motifs is 1. The van der Waals surface area contributed by atoms with Crippen molar-refractivity contribution in [3.63, 3.8) is 0 Å². The monoisotopic (exact) mass is 466 g/mol. The number of hydrogen-bond donors (Lipinski definition) is 1. The number of thiazole rings is 1. The first-order valence-electron chi connectivity index (χ1n) is 11.3. The van der Waals surface area contributed by atoms with Crippen LogP contribution in [0.4, 0.5) is 5.13 Å². The van der Waals surface area contributed by atoms with Crippen molar-refractivity contribution in [1.29, 1.82) is 0 Å². The van der Waals surface area contributed by atoms with Crippen LogP contribution in [0.15, 0.2) is 42.5 Å². The van der Waals surface area contributed by atoms with Crippen LogP contribution >= 0.6 is 11.3 Å². The molecule has 174 valence electrons. The Morgan fingerprint density at radius 1 is 1.12 bits per heavy atom. The van der Waals surface area contributed by atoms with Gasteiger partial charge in [-0.15, -0.1) is 11.3 Å². The number of carbonyl (C=O) groups excluding carboxylic acids is 2. The fourth-order valence-corrected chi connectivity index (χ4v) is 4.76. The van der Waals surface area contributed by atoms with Gasteiger partial charge in [0.25, 0.3) is 5.91 Å². The minimum atomic E-state index is -0.232. The van der Waals surface area contributed by atoms with Crippen molar-refractivity contribution >= 4 is 39.1 Å². The Balaban J connectivity index is 1.46. The molecule has 1 aliphatic heterocycles. The molecule has 0 bridgehead atoms. The molecule has 33 heavy (non-hydrogen) atoms. The standard InChI is InChI=1S/C25H30N4O3S/c1-18-19(2)33-25(26-18)27-23(30)17-29(11-5-10-28-12-14-32-15-13-28)24(31)22-9-8-20-6-3-4-7-21(20)16-22/h3-4,6-9,16H,5,10-15,17H2,1-2H3,(H,26,27,30). The molecular weight excluding hydrogens is 436 g/mol. The summed E-state index contributed by atoms with van der Waals surface area (Å²) < 4.78 is 5.41. The molecule has 0 spiro atoms. The molecule has 2 heterocycles. The number of morpholine rings is 1. The molecule has 0 radical (unpaired) electrons. The van der Waals surface area contributed by atoms with Crippen molar-refractivity contribution in [3.05, 3.63) is 58.6 Å². The quantitative estimate of drug-likeness (QED) is 0.548. The topological polar surface area (TPSA) is 74.8 Å². The van der Waals surface area contributed by atoms with Gasteiger partial charge in [0, 0.05) is 36.6 Å². The van der Waals surface area contributed by atoms with Crippen molar-refractivity contribution in [2.75, 3.05) is 51.3 Å². The van der Waals surface area contributed by atoms with Crippen molar-refractivity contribution in [1.82, 2.24) is 14.8 Å². The van der Waals surface area contributed by atoms with E-state index in [4.69, 9.17) is 4.74 Å². The average molecular weight is 467 g/mol. The molecule has 0 saturated carbocycles. The molecular formula is C25H30N4O3S. The summed E-state index contributed by atoms with van der Waals surface area (Å²) in [5.74, 6) is -0.367. The van der Waals surface area contributed by atoms with Crippen molar-refractivity contribution < 1.29 is 14.3 Å². The number of carbonyl (C=O) groups is 2. The van der Waals surface area contributed by atoms with Crippen molar-refractivity contribution in [2.45, 2.75) is 20.3 Å². The molecule has 1 aromatic heterocycles. The van der Waals surface area contributed by atoms with E-state index in [2.05, 4.69) is 15.2 Å². The summed E-state index contributed by atoms with van der Waals surface area (Å²) in [5, 5.41) is 5.52. The van der Waals surface area contributed by atoms with E-state index >= 15 is 0 Å². The van der Waals surface area contributed by atoms with E-state index < -0.39 is 0 Å². The molecule has 3 aromatic rings. The second-order valence-electron chi connectivity index (χ2n) is 8.30. The maximum atomic E-state index is 13.4. The number of nitrogens with zero attached hydrogens (tertiary/aromatic N) is 3. The molecule has 0 aliphatic carbocycles. The highest BCUT2D eigenvalue weighted by Gasteiger charge is 2.21. The number of anilines is 1. The first-order chi connectivity index (χ1) is 16.0. The average Bonchev–Trinajstić information content (AvgIpc) is 3.14. The van der Waals surface area contributed by atoms with E-state index in [-0.39, 0.29) is 18.4 Å². The summed E-state index contributed by atoms with van der Waals surface area (Å²) in [7, 11) is 0. The van der Waals surface area contributed by atoms with Crippen molar-refractivity contribution in [3.8, 4) is 0 Å². The summed E-state index contributed by atoms with van der Waals surface area (Å²) in [6, 6.07) is 13.7. The summed E-state index contributed by atoms with van der Waals surface area (Å²) in [5.41, 5.74) is 1.50. The van der Waals surface area contributed by atoms with Gasteiger partial charge in [-0.05, 0) is 43.2 Å². The van der Waals surface area contributed by atoms with Gasteiger partial charge in [0.15, 0.2) is 5.13 Å². The highest BCUT2D eigenvalue weighted by Crippen LogP contribution is 2.21. The Morgan fingerprint density at radius 3 is 2.61 bits per heavy atom. The van der Waals surface area contributed by atoms with E-state index in [1.54, 1.807) is 4.90 Å². The van der Waals surface area contributed by atoms with Crippen LogP contribution in [0.1, 0.15) is 27.3 Å². The van der Waals surface area contributed by atoms with E-state index in [0.717, 1.165) is 60.6 Å². The van der Waals surface area contributed by atoms with E-state index in [9.17, 15) is 9.59 Å². The van der Waals surface area contributed by atoms with Gasteiger partial charge < -0.3 is 15.0 Å². The number of hydrogen-bond acceptors (Lipinski definition) is 6. The van der Waals surface area contributed by atoms with Crippen LogP contribution in [0.5, 0.6) is 0 Å². The summed E-state index contributed by atoms with van der Waals surface area (Å²) in [6.07, 6.45) is 0.794. The number of amides is 2. The predicted molar refractivity (Wildman–Crippen MR) is 132 cm³/mol. The zero-order valence-electron chi connectivity index (χ0n) is 19.2. The molecule has 0 atom stereocenters. The Kier molecular flexibility index (Phi) is 7.69. The fraction of sp³-hybridized carbons (Fsp3) is 0.400. The third-order valence-electron chi connectivity index (χ3n) is 5.90. The molecule has 2 amide bonds. The third-order valence-corrected chi connectivity index (χ3v) is 6.89. The van der Waals surface area contributed by atoms with E-state index in [1.807, 2.05) is 56.3 Å². The van der Waals surface area contributed by atoms with Crippen LogP contribution in [-0.4, -0.2) is 72.5 Å².